The van der Waals surface area contributed by atoms with Gasteiger partial charge in [-0.1, -0.05) is 17.7 Å². The Balaban J connectivity index is 1.45. The van der Waals surface area contributed by atoms with Gasteiger partial charge in [0.15, 0.2) is 5.75 Å². The normalized spacial score (nSPS) is 16.5. The summed E-state index contributed by atoms with van der Waals surface area (Å²) in [5.41, 5.74) is 7.24. The van der Waals surface area contributed by atoms with E-state index < -0.39 is 29.0 Å². The van der Waals surface area contributed by atoms with Crippen LogP contribution in [0.2, 0.25) is 5.02 Å². The van der Waals surface area contributed by atoms with Gasteiger partial charge in [-0.05, 0) is 77.4 Å². The van der Waals surface area contributed by atoms with Gasteiger partial charge in [-0.2, -0.15) is 0 Å². The molecule has 1 aliphatic heterocycles. The van der Waals surface area contributed by atoms with Gasteiger partial charge in [-0.15, -0.1) is 0 Å². The van der Waals surface area contributed by atoms with E-state index >= 15 is 0 Å². The van der Waals surface area contributed by atoms with Gasteiger partial charge < -0.3 is 25.1 Å². The molecule has 2 aromatic heterocycles. The topological polar surface area (TPSA) is 144 Å². The Bertz CT molecular complexity index is 1760. The first-order valence-electron chi connectivity index (χ1n) is 14.4. The van der Waals surface area contributed by atoms with Crippen LogP contribution >= 0.6 is 11.6 Å². The molecule has 1 fully saturated rings. The van der Waals surface area contributed by atoms with Crippen molar-refractivity contribution in [2.24, 2.45) is 5.41 Å². The summed E-state index contributed by atoms with van der Waals surface area (Å²) in [7, 11) is 0. The Labute approximate surface area is 260 Å². The largest absolute Gasteiger partial charge is 0.458 e. The fraction of sp³-hybridized carbons (Fsp3) is 0.406. The number of fused-ring (bicyclic) bond motifs is 2. The van der Waals surface area contributed by atoms with Gasteiger partial charge in [0.2, 0.25) is 5.91 Å². The molecular formula is C32H37ClN6O5. The Kier molecular flexibility index (Phi) is 8.30. The lowest BCUT2D eigenvalue weighted by atomic mass is 9.97. The van der Waals surface area contributed by atoms with Gasteiger partial charge in [0.25, 0.3) is 0 Å². The molecule has 11 nitrogen and oxygen atoms in total. The first kappa shape index (κ1) is 31.2. The number of hydrogen-bond acceptors (Lipinski definition) is 9. The third-order valence-electron chi connectivity index (χ3n) is 7.22. The Hall–Kier alpha value is -4.22. The number of H-pyrrole nitrogens is 1. The number of halogens is 1. The summed E-state index contributed by atoms with van der Waals surface area (Å²) < 4.78 is 11.7. The van der Waals surface area contributed by atoms with Crippen molar-refractivity contribution in [2.45, 2.75) is 66.3 Å². The number of nitrogen functional groups attached to an aromatic ring is 1. The Morgan fingerprint density at radius 1 is 1.05 bits per heavy atom. The molecule has 2 aromatic carbocycles. The molecule has 1 aliphatic rings. The van der Waals surface area contributed by atoms with E-state index in [-0.39, 0.29) is 32.1 Å². The summed E-state index contributed by atoms with van der Waals surface area (Å²) in [6.07, 6.45) is 1.39. The summed E-state index contributed by atoms with van der Waals surface area (Å²) in [5.74, 6) is -0.449. The quantitative estimate of drug-likeness (QED) is 0.289. The lowest BCUT2D eigenvalue weighted by molar-refractivity contribution is -0.169. The number of nitrogens with zero attached hydrogens (tertiary/aromatic N) is 4. The molecule has 3 heterocycles. The van der Waals surface area contributed by atoms with E-state index in [4.69, 9.17) is 26.8 Å². The third kappa shape index (κ3) is 6.79. The summed E-state index contributed by atoms with van der Waals surface area (Å²) in [4.78, 5) is 55.2. The highest BCUT2D eigenvalue weighted by atomic mass is 35.5. The molecule has 12 heteroatoms. The van der Waals surface area contributed by atoms with Gasteiger partial charge in [0, 0.05) is 40.9 Å². The fourth-order valence-corrected chi connectivity index (χ4v) is 5.24. The van der Waals surface area contributed by atoms with E-state index in [1.54, 1.807) is 58.6 Å². The van der Waals surface area contributed by atoms with Crippen LogP contribution in [-0.2, 0) is 32.2 Å². The molecule has 0 spiro atoms. The highest BCUT2D eigenvalue weighted by Gasteiger charge is 2.40. The third-order valence-corrected chi connectivity index (χ3v) is 7.46. The summed E-state index contributed by atoms with van der Waals surface area (Å²) in [5, 5.41) is 1.85. The van der Waals surface area contributed by atoms with Gasteiger partial charge in [0.1, 0.15) is 23.8 Å². The number of ether oxygens (including phenoxy) is 2. The number of benzene rings is 2. The number of esters is 2. The average Bonchev–Trinajstić information content (AvgIpc) is 3.24. The predicted molar refractivity (Wildman–Crippen MR) is 168 cm³/mol. The maximum atomic E-state index is 13.7. The number of aromatic amines is 1. The molecule has 0 aliphatic carbocycles. The molecule has 1 atom stereocenters. The van der Waals surface area contributed by atoms with Crippen molar-refractivity contribution in [1.29, 1.82) is 0 Å². The van der Waals surface area contributed by atoms with Crippen molar-refractivity contribution in [1.82, 2.24) is 24.8 Å². The number of amides is 1. The smallest absolute Gasteiger partial charge is 0.330 e. The number of rotatable bonds is 6. The van der Waals surface area contributed by atoms with E-state index in [1.165, 1.54) is 6.33 Å². The Morgan fingerprint density at radius 2 is 1.80 bits per heavy atom. The lowest BCUT2D eigenvalue weighted by Gasteiger charge is -2.40. The summed E-state index contributed by atoms with van der Waals surface area (Å²) in [6.45, 7) is 11.3. The van der Waals surface area contributed by atoms with Crippen molar-refractivity contribution in [3.8, 4) is 5.75 Å². The first-order valence-corrected chi connectivity index (χ1v) is 14.7. The number of piperazine rings is 1. The fourth-order valence-electron chi connectivity index (χ4n) is 5.07. The lowest BCUT2D eigenvalue weighted by Crippen LogP contribution is -2.59. The van der Waals surface area contributed by atoms with Gasteiger partial charge in [-0.25, -0.2) is 14.8 Å². The number of anilines is 1. The standard InChI is InChI=1S/C32H37ClN6O5/c1-31(2,3)30(42)43-27-21-12-19(33)8-10-22(21)37-24(27)14-38-15-25(29(41)44-32(4,5)6)39(26(40)16-38)13-18-7-9-20-23(11-18)35-17-36-28(20)34/h7-12,17,25,37H,13-16H2,1-6H3,(H2,34,35,36)/t25-/m0/s1. The predicted octanol–water partition coefficient (Wildman–Crippen LogP) is 4.85. The molecule has 5 rings (SSSR count). The Morgan fingerprint density at radius 3 is 2.50 bits per heavy atom. The van der Waals surface area contributed by atoms with Gasteiger partial charge >= 0.3 is 11.9 Å². The van der Waals surface area contributed by atoms with E-state index in [0.29, 0.717) is 38.6 Å². The highest BCUT2D eigenvalue weighted by Crippen LogP contribution is 2.35. The number of nitrogens with one attached hydrogen (secondary N) is 1. The molecule has 232 valence electrons. The number of nitrogens with two attached hydrogens (primary N) is 1. The molecule has 0 saturated carbocycles. The zero-order chi connectivity index (χ0) is 32.0. The molecule has 4 aromatic rings. The molecule has 3 N–H and O–H groups in total. The second-order valence-electron chi connectivity index (χ2n) is 13.1. The van der Waals surface area contributed by atoms with Crippen LogP contribution in [0.15, 0.2) is 42.7 Å². The van der Waals surface area contributed by atoms with Crippen LogP contribution in [0.1, 0.15) is 52.8 Å². The zero-order valence-electron chi connectivity index (χ0n) is 25.7. The van der Waals surface area contributed by atoms with Crippen LogP contribution < -0.4 is 10.5 Å². The van der Waals surface area contributed by atoms with Crippen LogP contribution in [0.3, 0.4) is 0 Å². The van der Waals surface area contributed by atoms with Crippen LogP contribution in [0, 0.1) is 5.41 Å². The van der Waals surface area contributed by atoms with Crippen LogP contribution in [0.25, 0.3) is 21.8 Å². The average molecular weight is 621 g/mol. The van der Waals surface area contributed by atoms with Crippen molar-refractivity contribution < 1.29 is 23.9 Å². The molecule has 0 radical (unpaired) electrons. The monoisotopic (exact) mass is 620 g/mol. The van der Waals surface area contributed by atoms with Crippen LogP contribution in [0.4, 0.5) is 5.82 Å². The van der Waals surface area contributed by atoms with Crippen molar-refractivity contribution in [3.05, 3.63) is 59.0 Å². The second kappa shape index (κ2) is 11.7. The minimum Gasteiger partial charge on any atom is -0.458 e. The summed E-state index contributed by atoms with van der Waals surface area (Å²) >= 11 is 6.29. The second-order valence-corrected chi connectivity index (χ2v) is 13.5. The molecule has 44 heavy (non-hydrogen) atoms. The zero-order valence-corrected chi connectivity index (χ0v) is 26.5. The molecule has 1 amide bonds. The van der Waals surface area contributed by atoms with E-state index in [1.807, 2.05) is 29.2 Å². The van der Waals surface area contributed by atoms with Crippen LogP contribution in [0.5, 0.6) is 5.75 Å². The SMILES string of the molecule is CC(C)(C)OC(=O)[C@@H]1CN(Cc2[nH]c3ccc(Cl)cc3c2OC(=O)C(C)(C)C)CC(=O)N1Cc1ccc2c(N)ncnc2c1. The van der Waals surface area contributed by atoms with Gasteiger partial charge in [-0.3, -0.25) is 14.5 Å². The van der Waals surface area contributed by atoms with E-state index in [2.05, 4.69) is 15.0 Å². The number of aromatic nitrogens is 3. The van der Waals surface area contributed by atoms with E-state index in [9.17, 15) is 14.4 Å². The minimum absolute atomic E-state index is 0.0325. The minimum atomic E-state index is -0.888. The number of carbonyl (C=O) groups is 3. The maximum absolute atomic E-state index is 13.7. The first-order chi connectivity index (χ1) is 20.6. The maximum Gasteiger partial charge on any atom is 0.330 e. The summed E-state index contributed by atoms with van der Waals surface area (Å²) in [6, 6.07) is 9.89. The number of hydrogen-bond donors (Lipinski definition) is 2. The number of carbonyl (C=O) groups excluding carboxylic acids is 3. The molecule has 0 bridgehead atoms. The molecule has 0 unspecified atom stereocenters. The van der Waals surface area contributed by atoms with Crippen molar-refractivity contribution in [2.75, 3.05) is 18.8 Å². The van der Waals surface area contributed by atoms with Gasteiger partial charge in [0.05, 0.1) is 23.2 Å². The van der Waals surface area contributed by atoms with Crippen molar-refractivity contribution in [3.63, 3.8) is 0 Å². The van der Waals surface area contributed by atoms with Crippen molar-refractivity contribution >= 4 is 57.1 Å². The molecule has 1 saturated heterocycles. The molecular weight excluding hydrogens is 584 g/mol. The van der Waals surface area contributed by atoms with E-state index in [0.717, 1.165) is 11.1 Å². The highest BCUT2D eigenvalue weighted by molar-refractivity contribution is 6.31. The van der Waals surface area contributed by atoms with Crippen LogP contribution in [-0.4, -0.2) is 67.3 Å².